The van der Waals surface area contributed by atoms with Gasteiger partial charge in [0.15, 0.2) is 0 Å². The molecule has 1 fully saturated rings. The van der Waals surface area contributed by atoms with Crippen LogP contribution < -0.4 is 10.2 Å². The van der Waals surface area contributed by atoms with Gasteiger partial charge in [-0.3, -0.25) is 0 Å². The summed E-state index contributed by atoms with van der Waals surface area (Å²) in [5.74, 6) is 0.658. The smallest absolute Gasteiger partial charge is 0.0434 e. The van der Waals surface area contributed by atoms with E-state index in [1.54, 1.807) is 0 Å². The van der Waals surface area contributed by atoms with Gasteiger partial charge in [0.05, 0.1) is 0 Å². The van der Waals surface area contributed by atoms with Crippen LogP contribution in [0.25, 0.3) is 0 Å². The third kappa shape index (κ3) is 3.03. The molecule has 2 rings (SSSR count). The predicted octanol–water partition coefficient (Wildman–Crippen LogP) is 2.18. The molecule has 100 valence electrons. The first-order chi connectivity index (χ1) is 8.74. The molecule has 1 saturated heterocycles. The number of benzene rings is 1. The second-order valence-electron chi connectivity index (χ2n) is 5.21. The van der Waals surface area contributed by atoms with Crippen molar-refractivity contribution in [3.63, 3.8) is 0 Å². The molecule has 0 saturated carbocycles. The quantitative estimate of drug-likeness (QED) is 0.838. The normalized spacial score (nSPS) is 21.3. The van der Waals surface area contributed by atoms with E-state index in [9.17, 15) is 0 Å². The third-order valence-electron chi connectivity index (χ3n) is 4.01. The van der Waals surface area contributed by atoms with Crippen LogP contribution in [0, 0.1) is 5.92 Å². The summed E-state index contributed by atoms with van der Waals surface area (Å²) >= 11 is 0. The molecule has 0 bridgehead atoms. The van der Waals surface area contributed by atoms with Gasteiger partial charge in [-0.15, -0.1) is 0 Å². The molecule has 0 aromatic heterocycles. The molecule has 0 radical (unpaired) electrons. The molecular formula is C15H24N2O. The first-order valence-electron chi connectivity index (χ1n) is 6.87. The van der Waals surface area contributed by atoms with Gasteiger partial charge >= 0.3 is 0 Å². The number of aliphatic hydroxyl groups is 1. The summed E-state index contributed by atoms with van der Waals surface area (Å²) in [6, 6.07) is 9.24. The van der Waals surface area contributed by atoms with E-state index < -0.39 is 0 Å². The molecule has 3 nitrogen and oxygen atoms in total. The van der Waals surface area contributed by atoms with E-state index in [4.69, 9.17) is 5.11 Å². The SMILES string of the molecule is CNC(C)c1ccc(N2CCC(CCO)C2)cc1. The van der Waals surface area contributed by atoms with Crippen LogP contribution in [0.3, 0.4) is 0 Å². The highest BCUT2D eigenvalue weighted by Crippen LogP contribution is 2.26. The Bertz CT molecular complexity index is 363. The topological polar surface area (TPSA) is 35.5 Å². The van der Waals surface area contributed by atoms with Crippen molar-refractivity contribution in [2.24, 2.45) is 5.92 Å². The van der Waals surface area contributed by atoms with Crippen LogP contribution in [0.15, 0.2) is 24.3 Å². The second kappa shape index (κ2) is 6.21. The Morgan fingerprint density at radius 3 is 2.72 bits per heavy atom. The Morgan fingerprint density at radius 2 is 2.11 bits per heavy atom. The number of anilines is 1. The number of aliphatic hydroxyl groups excluding tert-OH is 1. The van der Waals surface area contributed by atoms with Gasteiger partial charge in [0.1, 0.15) is 0 Å². The summed E-state index contributed by atoms with van der Waals surface area (Å²) < 4.78 is 0. The van der Waals surface area contributed by atoms with E-state index in [1.165, 1.54) is 17.7 Å². The van der Waals surface area contributed by atoms with Crippen molar-refractivity contribution in [1.29, 1.82) is 0 Å². The van der Waals surface area contributed by atoms with Crippen molar-refractivity contribution in [2.75, 3.05) is 31.6 Å². The standard InChI is InChI=1S/C15H24N2O/c1-12(16-2)14-3-5-15(6-4-14)17-9-7-13(11-17)8-10-18/h3-6,12-13,16,18H,7-11H2,1-2H3. The largest absolute Gasteiger partial charge is 0.396 e. The Morgan fingerprint density at radius 1 is 1.39 bits per heavy atom. The summed E-state index contributed by atoms with van der Waals surface area (Å²) in [6.45, 7) is 4.69. The van der Waals surface area contributed by atoms with Gasteiger partial charge in [-0.2, -0.15) is 0 Å². The van der Waals surface area contributed by atoms with Crippen LogP contribution >= 0.6 is 0 Å². The van der Waals surface area contributed by atoms with Crippen molar-refractivity contribution in [3.8, 4) is 0 Å². The molecule has 3 heteroatoms. The monoisotopic (exact) mass is 248 g/mol. The lowest BCUT2D eigenvalue weighted by Gasteiger charge is -2.20. The van der Waals surface area contributed by atoms with E-state index in [0.717, 1.165) is 19.5 Å². The van der Waals surface area contributed by atoms with Crippen molar-refractivity contribution < 1.29 is 5.11 Å². The Hall–Kier alpha value is -1.06. The highest BCUT2D eigenvalue weighted by molar-refractivity contribution is 5.48. The second-order valence-corrected chi connectivity index (χ2v) is 5.21. The van der Waals surface area contributed by atoms with Crippen LogP contribution in [-0.2, 0) is 0 Å². The summed E-state index contributed by atoms with van der Waals surface area (Å²) in [7, 11) is 1.98. The number of nitrogens with zero attached hydrogens (tertiary/aromatic N) is 1. The van der Waals surface area contributed by atoms with Gasteiger partial charge < -0.3 is 15.3 Å². The molecule has 2 atom stereocenters. The number of nitrogens with one attached hydrogen (secondary N) is 1. The molecule has 1 heterocycles. The molecule has 1 aromatic carbocycles. The molecule has 2 N–H and O–H groups in total. The van der Waals surface area contributed by atoms with Crippen LogP contribution in [-0.4, -0.2) is 31.9 Å². The zero-order valence-electron chi connectivity index (χ0n) is 11.4. The van der Waals surface area contributed by atoms with Crippen molar-refractivity contribution in [3.05, 3.63) is 29.8 Å². The third-order valence-corrected chi connectivity index (χ3v) is 4.01. The minimum atomic E-state index is 0.317. The zero-order chi connectivity index (χ0) is 13.0. The molecule has 1 aliphatic heterocycles. The molecule has 0 spiro atoms. The minimum absolute atomic E-state index is 0.317. The van der Waals surface area contributed by atoms with Gasteiger partial charge in [0, 0.05) is 31.4 Å². The highest BCUT2D eigenvalue weighted by Gasteiger charge is 2.22. The average molecular weight is 248 g/mol. The van der Waals surface area contributed by atoms with E-state index >= 15 is 0 Å². The number of hydrogen-bond donors (Lipinski definition) is 2. The van der Waals surface area contributed by atoms with E-state index in [2.05, 4.69) is 41.4 Å². The molecule has 18 heavy (non-hydrogen) atoms. The summed E-state index contributed by atoms with van der Waals surface area (Å²) in [5, 5.41) is 12.2. The minimum Gasteiger partial charge on any atom is -0.396 e. The van der Waals surface area contributed by atoms with Gasteiger partial charge in [-0.05, 0) is 50.4 Å². The summed E-state index contributed by atoms with van der Waals surface area (Å²) in [4.78, 5) is 2.42. The van der Waals surface area contributed by atoms with Crippen LogP contribution in [0.2, 0.25) is 0 Å². The van der Waals surface area contributed by atoms with E-state index in [-0.39, 0.29) is 0 Å². The number of hydrogen-bond acceptors (Lipinski definition) is 3. The maximum absolute atomic E-state index is 8.98. The Kier molecular flexibility index (Phi) is 4.61. The first-order valence-corrected chi connectivity index (χ1v) is 6.87. The summed E-state index contributed by atoms with van der Waals surface area (Å²) in [6.07, 6.45) is 2.14. The number of rotatable bonds is 5. The lowest BCUT2D eigenvalue weighted by molar-refractivity contribution is 0.263. The molecule has 2 unspecified atom stereocenters. The van der Waals surface area contributed by atoms with Gasteiger partial charge in [-0.25, -0.2) is 0 Å². The van der Waals surface area contributed by atoms with Crippen molar-refractivity contribution in [2.45, 2.75) is 25.8 Å². The van der Waals surface area contributed by atoms with E-state index in [1.807, 2.05) is 7.05 Å². The Labute approximate surface area is 110 Å². The van der Waals surface area contributed by atoms with Gasteiger partial charge in [-0.1, -0.05) is 12.1 Å². The fourth-order valence-corrected chi connectivity index (χ4v) is 2.63. The molecule has 0 amide bonds. The fourth-order valence-electron chi connectivity index (χ4n) is 2.63. The average Bonchev–Trinajstić information content (AvgIpc) is 2.87. The fraction of sp³-hybridized carbons (Fsp3) is 0.600. The highest BCUT2D eigenvalue weighted by atomic mass is 16.3. The summed E-state index contributed by atoms with van der Waals surface area (Å²) in [5.41, 5.74) is 2.63. The molecule has 0 aliphatic carbocycles. The van der Waals surface area contributed by atoms with Crippen LogP contribution in [0.4, 0.5) is 5.69 Å². The molecular weight excluding hydrogens is 224 g/mol. The lowest BCUT2D eigenvalue weighted by atomic mass is 10.1. The predicted molar refractivity (Wildman–Crippen MR) is 75.9 cm³/mol. The first kappa shape index (κ1) is 13.4. The molecule has 1 aliphatic rings. The maximum atomic E-state index is 8.98. The van der Waals surface area contributed by atoms with Crippen molar-refractivity contribution in [1.82, 2.24) is 5.32 Å². The van der Waals surface area contributed by atoms with Gasteiger partial charge in [0.2, 0.25) is 0 Å². The van der Waals surface area contributed by atoms with Gasteiger partial charge in [0.25, 0.3) is 0 Å². The molecule has 1 aromatic rings. The van der Waals surface area contributed by atoms with Crippen LogP contribution in [0.1, 0.15) is 31.4 Å². The lowest BCUT2D eigenvalue weighted by Crippen LogP contribution is -2.20. The Balaban J connectivity index is 1.98. The van der Waals surface area contributed by atoms with E-state index in [0.29, 0.717) is 18.6 Å². The van der Waals surface area contributed by atoms with Crippen LogP contribution in [0.5, 0.6) is 0 Å². The maximum Gasteiger partial charge on any atom is 0.0434 e. The van der Waals surface area contributed by atoms with Crippen molar-refractivity contribution >= 4 is 5.69 Å². The zero-order valence-corrected chi connectivity index (χ0v) is 11.4.